The minimum absolute atomic E-state index is 0.0249. The number of nitrogens with zero attached hydrogens (tertiary/aromatic N) is 3. The number of hydrogen-bond donors (Lipinski definition) is 1. The molecule has 1 aliphatic rings. The third-order valence-electron chi connectivity index (χ3n) is 3.53. The molecule has 2 rings (SSSR count). The number of anilines is 1. The highest BCUT2D eigenvalue weighted by atomic mass is 32.2. The van der Waals surface area contributed by atoms with E-state index in [0.717, 1.165) is 43.3 Å². The van der Waals surface area contributed by atoms with Crippen LogP contribution < -0.4 is 4.90 Å². The van der Waals surface area contributed by atoms with Crippen molar-refractivity contribution in [2.45, 2.75) is 10.6 Å². The molecule has 124 valence electrons. The fraction of sp³-hybridized carbons (Fsp3) is 0.667. The second-order valence-corrected chi connectivity index (χ2v) is 8.46. The number of rotatable bonds is 6. The van der Waals surface area contributed by atoms with E-state index in [1.807, 2.05) is 4.90 Å². The van der Waals surface area contributed by atoms with Crippen LogP contribution in [-0.4, -0.2) is 68.9 Å². The van der Waals surface area contributed by atoms with Crippen LogP contribution in [-0.2, 0) is 9.84 Å². The molecule has 0 atom stereocenters. The maximum Gasteiger partial charge on any atom is 0.305 e. The van der Waals surface area contributed by atoms with Gasteiger partial charge < -0.3 is 10.0 Å². The molecule has 1 aromatic heterocycles. The first-order valence-electron chi connectivity index (χ1n) is 6.89. The summed E-state index contributed by atoms with van der Waals surface area (Å²) in [4.78, 5) is 14.7. The van der Waals surface area contributed by atoms with E-state index < -0.39 is 14.8 Å². The predicted octanol–water partition coefficient (Wildman–Crippen LogP) is 0.564. The fourth-order valence-electron chi connectivity index (χ4n) is 2.36. The van der Waals surface area contributed by atoms with Crippen LogP contribution in [0.5, 0.6) is 0 Å². The molecule has 1 aliphatic heterocycles. The number of piperazine rings is 1. The maximum absolute atomic E-state index is 11.6. The van der Waals surface area contributed by atoms with Crippen molar-refractivity contribution in [2.24, 2.45) is 0 Å². The van der Waals surface area contributed by atoms with Crippen LogP contribution in [0, 0.1) is 10.1 Å². The number of hydrogen-bond acceptors (Lipinski definition) is 8. The first-order chi connectivity index (χ1) is 10.3. The summed E-state index contributed by atoms with van der Waals surface area (Å²) in [7, 11) is -3.45. The average Bonchev–Trinajstić information content (AvgIpc) is 2.91. The highest BCUT2D eigenvalue weighted by molar-refractivity contribution is 7.92. The molecule has 0 amide bonds. The van der Waals surface area contributed by atoms with E-state index in [1.54, 1.807) is 0 Å². The highest BCUT2D eigenvalue weighted by Crippen LogP contribution is 2.40. The van der Waals surface area contributed by atoms with E-state index in [2.05, 4.69) is 4.90 Å². The van der Waals surface area contributed by atoms with Gasteiger partial charge in [0.15, 0.2) is 14.8 Å². The molecule has 0 saturated carbocycles. The third-order valence-corrected chi connectivity index (χ3v) is 6.51. The lowest BCUT2D eigenvalue weighted by molar-refractivity contribution is -0.383. The van der Waals surface area contributed by atoms with Crippen molar-refractivity contribution in [3.05, 3.63) is 16.2 Å². The summed E-state index contributed by atoms with van der Waals surface area (Å²) in [5.41, 5.74) is -0.144. The molecule has 0 aromatic carbocycles. The zero-order valence-corrected chi connectivity index (χ0v) is 13.9. The summed E-state index contributed by atoms with van der Waals surface area (Å²) in [6, 6.07) is 1.15. The lowest BCUT2D eigenvalue weighted by Crippen LogP contribution is -2.46. The molecular formula is C12H19N3O5S2. The summed E-state index contributed by atoms with van der Waals surface area (Å²) in [6.45, 7) is 3.64. The first kappa shape index (κ1) is 17.1. The first-order valence-corrected chi connectivity index (χ1v) is 9.60. The van der Waals surface area contributed by atoms with Crippen LogP contribution in [0.4, 0.5) is 10.7 Å². The number of nitro groups is 1. The summed E-state index contributed by atoms with van der Waals surface area (Å²) >= 11 is 0.958. The lowest BCUT2D eigenvalue weighted by atomic mass is 10.3. The van der Waals surface area contributed by atoms with Crippen LogP contribution in [0.2, 0.25) is 0 Å². The number of aliphatic hydroxyl groups is 1. The van der Waals surface area contributed by atoms with Gasteiger partial charge in [-0.25, -0.2) is 8.42 Å². The quantitative estimate of drug-likeness (QED) is 0.591. The SMILES string of the molecule is CS(=O)(=O)c1cc([N+](=O)[O-])c(N2CCN(CCCO)CC2)s1. The second-order valence-electron chi connectivity index (χ2n) is 5.19. The highest BCUT2D eigenvalue weighted by Gasteiger charge is 2.29. The molecule has 0 aliphatic carbocycles. The largest absolute Gasteiger partial charge is 0.396 e. The van der Waals surface area contributed by atoms with Gasteiger partial charge in [-0.15, -0.1) is 0 Å². The van der Waals surface area contributed by atoms with Crippen molar-refractivity contribution < 1.29 is 18.4 Å². The predicted molar refractivity (Wildman–Crippen MR) is 84.4 cm³/mol. The second kappa shape index (κ2) is 6.90. The lowest BCUT2D eigenvalue weighted by Gasteiger charge is -2.34. The van der Waals surface area contributed by atoms with Gasteiger partial charge in [0.25, 0.3) is 0 Å². The Bertz CT molecular complexity index is 635. The zero-order chi connectivity index (χ0) is 16.3. The van der Waals surface area contributed by atoms with Crippen molar-refractivity contribution >= 4 is 31.9 Å². The number of thiophene rings is 1. The molecule has 10 heteroatoms. The van der Waals surface area contributed by atoms with Crippen molar-refractivity contribution in [3.63, 3.8) is 0 Å². The average molecular weight is 349 g/mol. The van der Waals surface area contributed by atoms with Crippen LogP contribution in [0.1, 0.15) is 6.42 Å². The van der Waals surface area contributed by atoms with E-state index in [0.29, 0.717) is 24.5 Å². The summed E-state index contributed by atoms with van der Waals surface area (Å²) in [5.74, 6) is 0. The van der Waals surface area contributed by atoms with Crippen LogP contribution in [0.25, 0.3) is 0 Å². The van der Waals surface area contributed by atoms with Gasteiger partial charge in [-0.3, -0.25) is 15.0 Å². The van der Waals surface area contributed by atoms with Crippen LogP contribution in [0.3, 0.4) is 0 Å². The molecule has 0 radical (unpaired) electrons. The topological polar surface area (TPSA) is 104 Å². The molecule has 0 spiro atoms. The standard InChI is InChI=1S/C12H19N3O5S2/c1-22(19,20)11-9-10(15(17)18)12(21-11)14-6-4-13(5-7-14)3-2-8-16/h9,16H,2-8H2,1H3. The number of sulfone groups is 1. The Morgan fingerprint density at radius 2 is 2.00 bits per heavy atom. The van der Waals surface area contributed by atoms with Crippen molar-refractivity contribution in [1.82, 2.24) is 4.90 Å². The fourth-order valence-corrected chi connectivity index (χ4v) is 4.44. The molecular weight excluding hydrogens is 330 g/mol. The van der Waals surface area contributed by atoms with Gasteiger partial charge in [0.1, 0.15) is 4.21 Å². The van der Waals surface area contributed by atoms with Gasteiger partial charge in [0, 0.05) is 51.7 Å². The molecule has 8 nitrogen and oxygen atoms in total. The maximum atomic E-state index is 11.6. The molecule has 1 aromatic rings. The summed E-state index contributed by atoms with van der Waals surface area (Å²) in [6.07, 6.45) is 1.76. The van der Waals surface area contributed by atoms with Crippen molar-refractivity contribution in [3.8, 4) is 0 Å². The van der Waals surface area contributed by atoms with Crippen LogP contribution >= 0.6 is 11.3 Å². The van der Waals surface area contributed by atoms with Gasteiger partial charge in [0.05, 0.1) is 4.92 Å². The molecule has 1 saturated heterocycles. The number of aliphatic hydroxyl groups excluding tert-OH is 1. The zero-order valence-electron chi connectivity index (χ0n) is 12.3. The van der Waals surface area contributed by atoms with E-state index in [1.165, 1.54) is 0 Å². The molecule has 2 heterocycles. The molecule has 0 unspecified atom stereocenters. The van der Waals surface area contributed by atoms with Gasteiger partial charge >= 0.3 is 5.69 Å². The molecule has 0 bridgehead atoms. The van der Waals surface area contributed by atoms with E-state index in [-0.39, 0.29) is 16.5 Å². The van der Waals surface area contributed by atoms with Gasteiger partial charge in [0.2, 0.25) is 0 Å². The van der Waals surface area contributed by atoms with E-state index >= 15 is 0 Å². The minimum atomic E-state index is -3.45. The molecule has 1 fully saturated rings. The Morgan fingerprint density at radius 1 is 1.36 bits per heavy atom. The van der Waals surface area contributed by atoms with Gasteiger partial charge in [-0.2, -0.15) is 0 Å². The third kappa shape index (κ3) is 3.94. The Hall–Kier alpha value is -1.23. The Balaban J connectivity index is 2.16. The monoisotopic (exact) mass is 349 g/mol. The Labute approximate surface area is 133 Å². The van der Waals surface area contributed by atoms with E-state index in [4.69, 9.17) is 5.11 Å². The molecule has 22 heavy (non-hydrogen) atoms. The Morgan fingerprint density at radius 3 is 2.50 bits per heavy atom. The van der Waals surface area contributed by atoms with Gasteiger partial charge in [-0.05, 0) is 6.42 Å². The minimum Gasteiger partial charge on any atom is -0.396 e. The van der Waals surface area contributed by atoms with Gasteiger partial charge in [-0.1, -0.05) is 11.3 Å². The normalized spacial score (nSPS) is 16.9. The van der Waals surface area contributed by atoms with E-state index in [9.17, 15) is 18.5 Å². The summed E-state index contributed by atoms with van der Waals surface area (Å²) < 4.78 is 23.2. The Kier molecular flexibility index (Phi) is 5.37. The molecule has 1 N–H and O–H groups in total. The smallest absolute Gasteiger partial charge is 0.305 e. The van der Waals surface area contributed by atoms with Crippen molar-refractivity contribution in [1.29, 1.82) is 0 Å². The van der Waals surface area contributed by atoms with Crippen LogP contribution in [0.15, 0.2) is 10.3 Å². The van der Waals surface area contributed by atoms with Crippen molar-refractivity contribution in [2.75, 3.05) is 50.5 Å². The summed E-state index contributed by atoms with van der Waals surface area (Å²) in [5, 5.41) is 20.4.